The molecule has 0 spiro atoms. The van der Waals surface area contributed by atoms with Crippen molar-refractivity contribution in [3.8, 4) is 5.75 Å². The number of hydrogen-bond acceptors (Lipinski definition) is 3. The van der Waals surface area contributed by atoms with Crippen LogP contribution in [0.5, 0.6) is 5.75 Å². The monoisotopic (exact) mass is 219 g/mol. The van der Waals surface area contributed by atoms with Gasteiger partial charge in [-0.1, -0.05) is 18.2 Å². The topological polar surface area (TPSA) is 47.9 Å². The Balaban J connectivity index is 2.10. The first-order valence-corrected chi connectivity index (χ1v) is 5.23. The van der Waals surface area contributed by atoms with E-state index in [4.69, 9.17) is 9.47 Å². The summed E-state index contributed by atoms with van der Waals surface area (Å²) >= 11 is 0. The van der Waals surface area contributed by atoms with E-state index in [1.807, 2.05) is 24.3 Å². The number of ether oxygens (including phenoxy) is 2. The molecule has 1 aromatic carbocycles. The summed E-state index contributed by atoms with van der Waals surface area (Å²) in [6.45, 7) is 2.45. The highest BCUT2D eigenvalue weighted by molar-refractivity contribution is 5.96. The average Bonchev–Trinajstić information content (AvgIpc) is 2.29. The maximum atomic E-state index is 11.2. The molecule has 0 bridgehead atoms. The van der Waals surface area contributed by atoms with Crippen LogP contribution in [-0.4, -0.2) is 25.0 Å². The van der Waals surface area contributed by atoms with E-state index in [-0.39, 0.29) is 0 Å². The number of hydrogen-bond donors (Lipinski definition) is 0. The minimum absolute atomic E-state index is 0.340. The summed E-state index contributed by atoms with van der Waals surface area (Å²) in [5.74, 6) is 0.866. The second-order valence-electron chi connectivity index (χ2n) is 3.45. The summed E-state index contributed by atoms with van der Waals surface area (Å²) in [5.41, 5.74) is 1.76. The molecule has 1 amide bonds. The van der Waals surface area contributed by atoms with Gasteiger partial charge in [-0.3, -0.25) is 0 Å². The molecule has 2 rings (SSSR count). The number of para-hydroxylation sites is 1. The Morgan fingerprint density at radius 1 is 1.50 bits per heavy atom. The smallest absolute Gasteiger partial charge is 0.433 e. The van der Waals surface area contributed by atoms with Crippen LogP contribution < -0.4 is 4.74 Å². The Kier molecular flexibility index (Phi) is 3.19. The molecule has 0 aromatic heterocycles. The standard InChI is InChI=1S/C12H13NO3/c1-2-15-12(14)13-10-7-9-5-3-4-6-11(9)16-8-10/h3-6H,2,7-8H2,1H3/b13-10-. The maximum absolute atomic E-state index is 11.2. The van der Waals surface area contributed by atoms with Crippen molar-refractivity contribution in [2.45, 2.75) is 13.3 Å². The van der Waals surface area contributed by atoms with Crippen LogP contribution in [0.1, 0.15) is 12.5 Å². The van der Waals surface area contributed by atoms with E-state index >= 15 is 0 Å². The van der Waals surface area contributed by atoms with Gasteiger partial charge in [-0.2, -0.15) is 4.99 Å². The number of carbonyl (C=O) groups is 1. The molecule has 0 radical (unpaired) electrons. The molecule has 0 atom stereocenters. The summed E-state index contributed by atoms with van der Waals surface area (Å²) in [6, 6.07) is 7.74. The minimum Gasteiger partial charge on any atom is -0.487 e. The van der Waals surface area contributed by atoms with E-state index in [9.17, 15) is 4.79 Å². The number of amides is 1. The molecule has 4 heteroatoms. The molecule has 0 N–H and O–H groups in total. The van der Waals surface area contributed by atoms with Gasteiger partial charge in [0.05, 0.1) is 12.3 Å². The third-order valence-corrected chi connectivity index (χ3v) is 2.28. The van der Waals surface area contributed by atoms with Crippen LogP contribution in [0.2, 0.25) is 0 Å². The Morgan fingerprint density at radius 2 is 2.31 bits per heavy atom. The van der Waals surface area contributed by atoms with Crippen molar-refractivity contribution in [3.63, 3.8) is 0 Å². The van der Waals surface area contributed by atoms with Gasteiger partial charge in [0.15, 0.2) is 0 Å². The van der Waals surface area contributed by atoms with Crippen LogP contribution in [0.4, 0.5) is 4.79 Å². The first-order valence-electron chi connectivity index (χ1n) is 5.23. The summed E-state index contributed by atoms with van der Waals surface area (Å²) in [6.07, 6.45) is 0.107. The van der Waals surface area contributed by atoms with Crippen LogP contribution in [0.15, 0.2) is 29.3 Å². The molecule has 0 aliphatic carbocycles. The van der Waals surface area contributed by atoms with E-state index in [0.717, 1.165) is 11.3 Å². The lowest BCUT2D eigenvalue weighted by Gasteiger charge is -2.18. The number of benzene rings is 1. The van der Waals surface area contributed by atoms with E-state index in [2.05, 4.69) is 4.99 Å². The Hall–Kier alpha value is -1.84. The highest BCUT2D eigenvalue weighted by atomic mass is 16.5. The predicted octanol–water partition coefficient (Wildman–Crippen LogP) is 2.22. The van der Waals surface area contributed by atoms with Gasteiger partial charge in [0.2, 0.25) is 0 Å². The zero-order valence-corrected chi connectivity index (χ0v) is 9.10. The molecule has 0 fully saturated rings. The molecule has 4 nitrogen and oxygen atoms in total. The predicted molar refractivity (Wildman–Crippen MR) is 60.1 cm³/mol. The van der Waals surface area contributed by atoms with Gasteiger partial charge in [-0.25, -0.2) is 4.79 Å². The van der Waals surface area contributed by atoms with Crippen molar-refractivity contribution < 1.29 is 14.3 Å². The molecule has 84 valence electrons. The number of rotatable bonds is 1. The second-order valence-corrected chi connectivity index (χ2v) is 3.45. The van der Waals surface area contributed by atoms with Gasteiger partial charge in [0.25, 0.3) is 0 Å². The largest absolute Gasteiger partial charge is 0.487 e. The molecule has 1 heterocycles. The minimum atomic E-state index is -0.541. The molecule has 0 saturated carbocycles. The first-order chi connectivity index (χ1) is 7.79. The summed E-state index contributed by atoms with van der Waals surface area (Å²) in [5, 5.41) is 0. The maximum Gasteiger partial charge on any atom is 0.433 e. The molecule has 1 aliphatic heterocycles. The average molecular weight is 219 g/mol. The highest BCUT2D eigenvalue weighted by Gasteiger charge is 2.15. The van der Waals surface area contributed by atoms with Crippen LogP contribution in [0.25, 0.3) is 0 Å². The Morgan fingerprint density at radius 3 is 3.12 bits per heavy atom. The number of fused-ring (bicyclic) bond motifs is 1. The highest BCUT2D eigenvalue weighted by Crippen LogP contribution is 2.22. The molecular weight excluding hydrogens is 206 g/mol. The molecule has 16 heavy (non-hydrogen) atoms. The lowest BCUT2D eigenvalue weighted by molar-refractivity contribution is 0.163. The van der Waals surface area contributed by atoms with Crippen molar-refractivity contribution in [2.24, 2.45) is 4.99 Å². The lowest BCUT2D eigenvalue weighted by Crippen LogP contribution is -2.22. The zero-order chi connectivity index (χ0) is 11.4. The molecule has 1 aromatic rings. The van der Waals surface area contributed by atoms with Crippen molar-refractivity contribution in [1.29, 1.82) is 0 Å². The van der Waals surface area contributed by atoms with Gasteiger partial charge < -0.3 is 9.47 Å². The van der Waals surface area contributed by atoms with Gasteiger partial charge in [0.1, 0.15) is 12.4 Å². The van der Waals surface area contributed by atoms with Crippen molar-refractivity contribution in [3.05, 3.63) is 29.8 Å². The van der Waals surface area contributed by atoms with Crippen LogP contribution >= 0.6 is 0 Å². The van der Waals surface area contributed by atoms with Crippen molar-refractivity contribution in [2.75, 3.05) is 13.2 Å². The summed E-state index contributed by atoms with van der Waals surface area (Å²) in [7, 11) is 0. The second kappa shape index (κ2) is 4.79. The molecule has 1 aliphatic rings. The third kappa shape index (κ3) is 2.39. The fraction of sp³-hybridized carbons (Fsp3) is 0.333. The molecule has 0 saturated heterocycles. The Bertz CT molecular complexity index is 426. The normalized spacial score (nSPS) is 16.4. The van der Waals surface area contributed by atoms with Crippen LogP contribution in [0, 0.1) is 0 Å². The summed E-state index contributed by atoms with van der Waals surface area (Å²) in [4.78, 5) is 15.0. The molecular formula is C12H13NO3. The SMILES string of the molecule is CCOC(=O)/N=C1\COc2ccccc2C1. The van der Waals surface area contributed by atoms with Crippen molar-refractivity contribution in [1.82, 2.24) is 0 Å². The zero-order valence-electron chi connectivity index (χ0n) is 9.10. The number of aliphatic imine (C=N–C) groups is 1. The number of nitrogens with zero attached hydrogens (tertiary/aromatic N) is 1. The fourth-order valence-electron chi connectivity index (χ4n) is 1.58. The van der Waals surface area contributed by atoms with Gasteiger partial charge in [-0.05, 0) is 18.6 Å². The van der Waals surface area contributed by atoms with Gasteiger partial charge in [-0.15, -0.1) is 0 Å². The van der Waals surface area contributed by atoms with Crippen LogP contribution in [0.3, 0.4) is 0 Å². The van der Waals surface area contributed by atoms with E-state index in [1.54, 1.807) is 6.92 Å². The fourth-order valence-corrected chi connectivity index (χ4v) is 1.58. The third-order valence-electron chi connectivity index (χ3n) is 2.28. The van der Waals surface area contributed by atoms with E-state index in [0.29, 0.717) is 25.3 Å². The molecule has 0 unspecified atom stereocenters. The quantitative estimate of drug-likeness (QED) is 0.727. The van der Waals surface area contributed by atoms with Gasteiger partial charge in [0, 0.05) is 6.42 Å². The Labute approximate surface area is 93.9 Å². The van der Waals surface area contributed by atoms with E-state index < -0.39 is 6.09 Å². The lowest BCUT2D eigenvalue weighted by atomic mass is 10.1. The van der Waals surface area contributed by atoms with Crippen LogP contribution in [-0.2, 0) is 11.2 Å². The van der Waals surface area contributed by atoms with Gasteiger partial charge >= 0.3 is 6.09 Å². The summed E-state index contributed by atoms with van der Waals surface area (Å²) < 4.78 is 10.2. The number of carbonyl (C=O) groups excluding carboxylic acids is 1. The first kappa shape index (κ1) is 10.7. The van der Waals surface area contributed by atoms with E-state index in [1.165, 1.54) is 0 Å². The van der Waals surface area contributed by atoms with Crippen molar-refractivity contribution >= 4 is 11.8 Å².